The van der Waals surface area contributed by atoms with Gasteiger partial charge in [0.05, 0.1) is 13.7 Å². The number of hydrogen-bond donors (Lipinski definition) is 1. The molecule has 0 radical (unpaired) electrons. The van der Waals surface area contributed by atoms with Crippen molar-refractivity contribution in [3.8, 4) is 11.5 Å². The fourth-order valence-electron chi connectivity index (χ4n) is 3.00. The predicted octanol–water partition coefficient (Wildman–Crippen LogP) is 2.59. The number of primary amides is 1. The highest BCUT2D eigenvalue weighted by Crippen LogP contribution is 2.36. The zero-order valence-corrected chi connectivity index (χ0v) is 12.5. The second-order valence-electron chi connectivity index (χ2n) is 5.56. The number of fused-ring (bicyclic) bond motifs is 1. The smallest absolute Gasteiger partial charge is 0.248 e. The van der Waals surface area contributed by atoms with E-state index in [0.29, 0.717) is 18.1 Å². The molecule has 22 heavy (non-hydrogen) atoms. The van der Waals surface area contributed by atoms with E-state index in [0.717, 1.165) is 35.5 Å². The molecule has 0 saturated carbocycles. The Bertz CT molecular complexity index is 696. The van der Waals surface area contributed by atoms with E-state index >= 15 is 0 Å². The van der Waals surface area contributed by atoms with Crippen molar-refractivity contribution in [1.29, 1.82) is 0 Å². The number of nitrogens with two attached hydrogens (primary N) is 1. The number of carbonyl (C=O) groups is 1. The van der Waals surface area contributed by atoms with Crippen LogP contribution in [-0.2, 0) is 12.8 Å². The average molecular weight is 297 g/mol. The summed E-state index contributed by atoms with van der Waals surface area (Å²) in [6.07, 6.45) is 1.68. The topological polar surface area (TPSA) is 61.6 Å². The molecule has 0 spiro atoms. The molecule has 0 bridgehead atoms. The van der Waals surface area contributed by atoms with Crippen LogP contribution in [0.2, 0.25) is 0 Å². The van der Waals surface area contributed by atoms with Crippen LogP contribution in [0.3, 0.4) is 0 Å². The van der Waals surface area contributed by atoms with Crippen LogP contribution in [0.1, 0.15) is 21.5 Å². The van der Waals surface area contributed by atoms with Crippen LogP contribution >= 0.6 is 0 Å². The SMILES string of the molecule is COc1cccc2c1OCC(Cc1ccccc1C(N)=O)C2. The predicted molar refractivity (Wildman–Crippen MR) is 84.3 cm³/mol. The van der Waals surface area contributed by atoms with Gasteiger partial charge in [0, 0.05) is 11.5 Å². The van der Waals surface area contributed by atoms with Crippen molar-refractivity contribution in [2.45, 2.75) is 12.8 Å². The molecule has 0 aromatic heterocycles. The van der Waals surface area contributed by atoms with Crippen LogP contribution in [0.25, 0.3) is 0 Å². The Labute approximate surface area is 129 Å². The lowest BCUT2D eigenvalue weighted by Crippen LogP contribution is -2.24. The molecule has 3 rings (SSSR count). The van der Waals surface area contributed by atoms with Gasteiger partial charge >= 0.3 is 0 Å². The molecule has 1 aliphatic rings. The quantitative estimate of drug-likeness (QED) is 0.943. The van der Waals surface area contributed by atoms with Gasteiger partial charge in [-0.15, -0.1) is 0 Å². The number of hydrogen-bond acceptors (Lipinski definition) is 3. The van der Waals surface area contributed by atoms with Crippen molar-refractivity contribution in [1.82, 2.24) is 0 Å². The summed E-state index contributed by atoms with van der Waals surface area (Å²) >= 11 is 0. The largest absolute Gasteiger partial charge is 0.493 e. The summed E-state index contributed by atoms with van der Waals surface area (Å²) in [7, 11) is 1.65. The first-order valence-corrected chi connectivity index (χ1v) is 7.35. The molecule has 2 aromatic carbocycles. The fourth-order valence-corrected chi connectivity index (χ4v) is 3.00. The molecule has 1 amide bonds. The van der Waals surface area contributed by atoms with E-state index in [1.807, 2.05) is 30.3 Å². The Morgan fingerprint density at radius 2 is 2.09 bits per heavy atom. The second kappa shape index (κ2) is 6.10. The molecule has 2 N–H and O–H groups in total. The number of para-hydroxylation sites is 1. The first kappa shape index (κ1) is 14.4. The number of rotatable bonds is 4. The molecule has 2 aromatic rings. The van der Waals surface area contributed by atoms with Gasteiger partial charge in [-0.25, -0.2) is 0 Å². The molecule has 1 aliphatic heterocycles. The minimum absolute atomic E-state index is 0.320. The Morgan fingerprint density at radius 1 is 1.27 bits per heavy atom. The molecular formula is C18H19NO3. The van der Waals surface area contributed by atoms with Crippen LogP contribution < -0.4 is 15.2 Å². The summed E-state index contributed by atoms with van der Waals surface area (Å²) < 4.78 is 11.2. The number of carbonyl (C=O) groups excluding carboxylic acids is 1. The van der Waals surface area contributed by atoms with Crippen LogP contribution in [0.15, 0.2) is 42.5 Å². The monoisotopic (exact) mass is 297 g/mol. The number of amides is 1. The van der Waals surface area contributed by atoms with Crippen LogP contribution in [-0.4, -0.2) is 19.6 Å². The van der Waals surface area contributed by atoms with Crippen molar-refractivity contribution in [3.05, 3.63) is 59.2 Å². The van der Waals surface area contributed by atoms with E-state index in [1.54, 1.807) is 13.2 Å². The highest BCUT2D eigenvalue weighted by Gasteiger charge is 2.23. The third kappa shape index (κ3) is 2.77. The van der Waals surface area contributed by atoms with Gasteiger partial charge in [0.25, 0.3) is 0 Å². The lowest BCUT2D eigenvalue weighted by Gasteiger charge is -2.27. The highest BCUT2D eigenvalue weighted by molar-refractivity contribution is 5.94. The van der Waals surface area contributed by atoms with Gasteiger partial charge in [0.1, 0.15) is 0 Å². The van der Waals surface area contributed by atoms with E-state index in [-0.39, 0.29) is 5.91 Å². The molecule has 1 unspecified atom stereocenters. The lowest BCUT2D eigenvalue weighted by molar-refractivity contribution is 0.0999. The van der Waals surface area contributed by atoms with Crippen molar-refractivity contribution in [2.75, 3.05) is 13.7 Å². The Hall–Kier alpha value is -2.49. The summed E-state index contributed by atoms with van der Waals surface area (Å²) in [5.41, 5.74) is 8.17. The Balaban J connectivity index is 1.80. The van der Waals surface area contributed by atoms with Gasteiger partial charge in [0.2, 0.25) is 5.91 Å². The minimum atomic E-state index is -0.380. The normalized spacial score (nSPS) is 16.5. The number of methoxy groups -OCH3 is 1. The van der Waals surface area contributed by atoms with Crippen LogP contribution in [0.4, 0.5) is 0 Å². The summed E-state index contributed by atoms with van der Waals surface area (Å²) in [6.45, 7) is 0.612. The van der Waals surface area contributed by atoms with Gasteiger partial charge in [-0.1, -0.05) is 30.3 Å². The van der Waals surface area contributed by atoms with Gasteiger partial charge in [-0.05, 0) is 36.1 Å². The van der Waals surface area contributed by atoms with Crippen molar-refractivity contribution in [2.24, 2.45) is 11.7 Å². The molecule has 4 nitrogen and oxygen atoms in total. The molecule has 1 heterocycles. The van der Waals surface area contributed by atoms with Crippen LogP contribution in [0.5, 0.6) is 11.5 Å². The van der Waals surface area contributed by atoms with Gasteiger partial charge < -0.3 is 15.2 Å². The van der Waals surface area contributed by atoms with E-state index in [9.17, 15) is 4.79 Å². The third-order valence-electron chi connectivity index (χ3n) is 4.04. The molecular weight excluding hydrogens is 278 g/mol. The summed E-state index contributed by atoms with van der Waals surface area (Å²) in [4.78, 5) is 11.5. The van der Waals surface area contributed by atoms with E-state index in [2.05, 4.69) is 6.07 Å². The molecule has 1 atom stereocenters. The maximum absolute atomic E-state index is 11.5. The lowest BCUT2D eigenvalue weighted by atomic mass is 9.89. The number of benzene rings is 2. The minimum Gasteiger partial charge on any atom is -0.493 e. The zero-order chi connectivity index (χ0) is 15.5. The summed E-state index contributed by atoms with van der Waals surface area (Å²) in [6, 6.07) is 13.4. The van der Waals surface area contributed by atoms with Crippen LogP contribution in [0, 0.1) is 5.92 Å². The first-order chi connectivity index (χ1) is 10.7. The van der Waals surface area contributed by atoms with Crippen molar-refractivity contribution >= 4 is 5.91 Å². The molecule has 0 saturated heterocycles. The van der Waals surface area contributed by atoms with E-state index < -0.39 is 0 Å². The standard InChI is InChI=1S/C18H19NO3/c1-21-16-8-4-6-14-10-12(11-22-17(14)16)9-13-5-2-3-7-15(13)18(19)20/h2-8,12H,9-11H2,1H3,(H2,19,20). The fraction of sp³-hybridized carbons (Fsp3) is 0.278. The summed E-state index contributed by atoms with van der Waals surface area (Å²) in [5, 5.41) is 0. The zero-order valence-electron chi connectivity index (χ0n) is 12.5. The Kier molecular flexibility index (Phi) is 4.00. The van der Waals surface area contributed by atoms with E-state index in [1.165, 1.54) is 0 Å². The second-order valence-corrected chi connectivity index (χ2v) is 5.56. The summed E-state index contributed by atoms with van der Waals surface area (Å²) in [5.74, 6) is 1.55. The first-order valence-electron chi connectivity index (χ1n) is 7.35. The van der Waals surface area contributed by atoms with Crippen molar-refractivity contribution in [3.63, 3.8) is 0 Å². The van der Waals surface area contributed by atoms with E-state index in [4.69, 9.17) is 15.2 Å². The van der Waals surface area contributed by atoms with Gasteiger partial charge in [-0.2, -0.15) is 0 Å². The van der Waals surface area contributed by atoms with Crippen molar-refractivity contribution < 1.29 is 14.3 Å². The van der Waals surface area contributed by atoms with Gasteiger partial charge in [-0.3, -0.25) is 4.79 Å². The third-order valence-corrected chi connectivity index (χ3v) is 4.04. The number of ether oxygens (including phenoxy) is 2. The molecule has 4 heteroatoms. The Morgan fingerprint density at radius 3 is 2.86 bits per heavy atom. The average Bonchev–Trinajstić information content (AvgIpc) is 2.54. The molecule has 0 fully saturated rings. The molecule has 0 aliphatic carbocycles. The maximum Gasteiger partial charge on any atom is 0.248 e. The maximum atomic E-state index is 11.5. The highest BCUT2D eigenvalue weighted by atomic mass is 16.5. The van der Waals surface area contributed by atoms with Gasteiger partial charge in [0.15, 0.2) is 11.5 Å². The molecule has 114 valence electrons.